The fourth-order valence-electron chi connectivity index (χ4n) is 2.72. The van der Waals surface area contributed by atoms with E-state index in [4.69, 9.17) is 20.8 Å². The Balaban J connectivity index is 1.71. The first-order valence-corrected chi connectivity index (χ1v) is 10.9. The summed E-state index contributed by atoms with van der Waals surface area (Å²) in [6.07, 6.45) is 0. The summed E-state index contributed by atoms with van der Waals surface area (Å²) in [6.45, 7) is 3.85. The fraction of sp³-hybridized carbons (Fsp3) is 0.300. The number of nitrogens with zero attached hydrogens (tertiary/aromatic N) is 3. The predicted molar refractivity (Wildman–Crippen MR) is 111 cm³/mol. The zero-order chi connectivity index (χ0) is 22.1. The summed E-state index contributed by atoms with van der Waals surface area (Å²) >= 11 is 6.38. The molecule has 0 spiro atoms. The Morgan fingerprint density at radius 2 is 1.83 bits per heavy atom. The SMILES string of the molecule is Cc1ccc(Cn2nc(C)c(C(=O)OCc3ccc(S(=O)(=O)N(C)C)o3)c2Cl)cc1. The molecule has 0 unspecified atom stereocenters. The van der Waals surface area contributed by atoms with Crippen molar-refractivity contribution in [3.8, 4) is 0 Å². The minimum absolute atomic E-state index is 0.163. The van der Waals surface area contributed by atoms with Crippen molar-refractivity contribution in [2.45, 2.75) is 32.1 Å². The third-order valence-corrected chi connectivity index (χ3v) is 6.51. The normalized spacial score (nSPS) is 11.8. The van der Waals surface area contributed by atoms with Crippen LogP contribution in [0.5, 0.6) is 0 Å². The maximum atomic E-state index is 12.6. The van der Waals surface area contributed by atoms with Gasteiger partial charge in [0.2, 0.25) is 5.09 Å². The quantitative estimate of drug-likeness (QED) is 0.511. The molecule has 0 saturated carbocycles. The van der Waals surface area contributed by atoms with Gasteiger partial charge in [0, 0.05) is 14.1 Å². The Hall–Kier alpha value is -2.62. The lowest BCUT2D eigenvalue weighted by atomic mass is 10.1. The Labute approximate surface area is 180 Å². The monoisotopic (exact) mass is 451 g/mol. The molecule has 0 amide bonds. The lowest BCUT2D eigenvalue weighted by molar-refractivity contribution is 0.0440. The van der Waals surface area contributed by atoms with Crippen LogP contribution in [-0.2, 0) is 27.9 Å². The van der Waals surface area contributed by atoms with Crippen molar-refractivity contribution in [1.82, 2.24) is 14.1 Å². The van der Waals surface area contributed by atoms with Gasteiger partial charge in [-0.3, -0.25) is 0 Å². The molecule has 0 N–H and O–H groups in total. The van der Waals surface area contributed by atoms with E-state index in [0.717, 1.165) is 15.4 Å². The minimum Gasteiger partial charge on any atom is -0.454 e. The van der Waals surface area contributed by atoms with Crippen LogP contribution in [0.1, 0.15) is 32.9 Å². The largest absolute Gasteiger partial charge is 0.454 e. The molecule has 0 aliphatic rings. The molecule has 0 radical (unpaired) electrons. The molecule has 10 heteroatoms. The van der Waals surface area contributed by atoms with E-state index in [1.807, 2.05) is 31.2 Å². The van der Waals surface area contributed by atoms with Gasteiger partial charge in [-0.25, -0.2) is 22.2 Å². The molecule has 0 aliphatic carbocycles. The van der Waals surface area contributed by atoms with Gasteiger partial charge in [0.1, 0.15) is 23.1 Å². The Kier molecular flexibility index (Phi) is 6.35. The predicted octanol–water partition coefficient (Wildman–Crippen LogP) is 3.40. The number of halogens is 1. The third kappa shape index (κ3) is 4.58. The van der Waals surface area contributed by atoms with Gasteiger partial charge in [0.25, 0.3) is 10.0 Å². The van der Waals surface area contributed by atoms with E-state index < -0.39 is 16.0 Å². The zero-order valence-corrected chi connectivity index (χ0v) is 18.6. The number of furan rings is 1. The molecule has 30 heavy (non-hydrogen) atoms. The van der Waals surface area contributed by atoms with E-state index in [0.29, 0.717) is 12.2 Å². The van der Waals surface area contributed by atoms with E-state index in [1.165, 1.54) is 30.9 Å². The molecule has 2 aromatic heterocycles. The van der Waals surface area contributed by atoms with Gasteiger partial charge in [-0.2, -0.15) is 5.10 Å². The Bertz CT molecular complexity index is 1160. The van der Waals surface area contributed by atoms with E-state index in [-0.39, 0.29) is 28.2 Å². The molecule has 0 fully saturated rings. The van der Waals surface area contributed by atoms with Crippen LogP contribution in [-0.4, -0.2) is 42.6 Å². The van der Waals surface area contributed by atoms with Gasteiger partial charge in [0.05, 0.1) is 12.2 Å². The van der Waals surface area contributed by atoms with E-state index in [2.05, 4.69) is 5.10 Å². The van der Waals surface area contributed by atoms with Crippen molar-refractivity contribution in [3.63, 3.8) is 0 Å². The summed E-state index contributed by atoms with van der Waals surface area (Å²) in [4.78, 5) is 12.6. The first kappa shape index (κ1) is 22.1. The number of carbonyl (C=O) groups is 1. The highest BCUT2D eigenvalue weighted by Crippen LogP contribution is 2.23. The standard InChI is InChI=1S/C20H22ClN3O5S/c1-13-5-7-15(8-6-13)11-24-19(21)18(14(2)22-24)20(25)28-12-16-9-10-17(29-16)30(26,27)23(3)4/h5-10H,11-12H2,1-4H3. The van der Waals surface area contributed by atoms with E-state index in [9.17, 15) is 13.2 Å². The molecular weight excluding hydrogens is 430 g/mol. The molecule has 3 aromatic rings. The van der Waals surface area contributed by atoms with Crippen LogP contribution < -0.4 is 0 Å². The lowest BCUT2D eigenvalue weighted by Gasteiger charge is -2.08. The van der Waals surface area contributed by atoms with Crippen molar-refractivity contribution < 1.29 is 22.4 Å². The van der Waals surface area contributed by atoms with Gasteiger partial charge in [0.15, 0.2) is 0 Å². The second-order valence-corrected chi connectivity index (χ2v) is 9.42. The number of rotatable bonds is 7. The number of carbonyl (C=O) groups excluding carboxylic acids is 1. The Morgan fingerprint density at radius 1 is 1.17 bits per heavy atom. The van der Waals surface area contributed by atoms with Crippen LogP contribution in [0.25, 0.3) is 0 Å². The zero-order valence-electron chi connectivity index (χ0n) is 17.0. The summed E-state index contributed by atoms with van der Waals surface area (Å²) in [5.41, 5.74) is 2.74. The smallest absolute Gasteiger partial charge is 0.343 e. The van der Waals surface area contributed by atoms with Crippen LogP contribution in [0.4, 0.5) is 0 Å². The maximum absolute atomic E-state index is 12.6. The molecule has 3 rings (SSSR count). The van der Waals surface area contributed by atoms with Crippen LogP contribution in [0.2, 0.25) is 5.15 Å². The highest BCUT2D eigenvalue weighted by molar-refractivity contribution is 7.88. The number of benzene rings is 1. The van der Waals surface area contributed by atoms with Crippen LogP contribution in [0, 0.1) is 13.8 Å². The van der Waals surface area contributed by atoms with Crippen molar-refractivity contribution in [1.29, 1.82) is 0 Å². The summed E-state index contributed by atoms with van der Waals surface area (Å²) in [6, 6.07) is 10.7. The molecular formula is C20H22ClN3O5S. The van der Waals surface area contributed by atoms with Crippen molar-refractivity contribution >= 4 is 27.6 Å². The first-order chi connectivity index (χ1) is 14.1. The fourth-order valence-corrected chi connectivity index (χ4v) is 3.84. The number of aromatic nitrogens is 2. The second kappa shape index (κ2) is 8.63. The van der Waals surface area contributed by atoms with Crippen LogP contribution in [0.3, 0.4) is 0 Å². The summed E-state index contributed by atoms with van der Waals surface area (Å²) in [5.74, 6) is -0.467. The summed E-state index contributed by atoms with van der Waals surface area (Å²) < 4.78 is 37.2. The molecule has 2 heterocycles. The van der Waals surface area contributed by atoms with Gasteiger partial charge >= 0.3 is 5.97 Å². The van der Waals surface area contributed by atoms with Gasteiger partial charge < -0.3 is 9.15 Å². The minimum atomic E-state index is -3.70. The number of hydrogen-bond donors (Lipinski definition) is 0. The van der Waals surface area contributed by atoms with E-state index in [1.54, 1.807) is 6.92 Å². The lowest BCUT2D eigenvalue weighted by Crippen LogP contribution is -2.21. The van der Waals surface area contributed by atoms with Gasteiger partial charge in [-0.1, -0.05) is 41.4 Å². The first-order valence-electron chi connectivity index (χ1n) is 9.06. The molecule has 0 atom stereocenters. The highest BCUT2D eigenvalue weighted by Gasteiger charge is 2.24. The van der Waals surface area contributed by atoms with Crippen molar-refractivity contribution in [2.24, 2.45) is 0 Å². The van der Waals surface area contributed by atoms with Crippen molar-refractivity contribution in [2.75, 3.05) is 14.1 Å². The second-order valence-electron chi connectivity index (χ2n) is 6.98. The molecule has 0 aliphatic heterocycles. The van der Waals surface area contributed by atoms with Crippen LogP contribution in [0.15, 0.2) is 45.9 Å². The van der Waals surface area contributed by atoms with E-state index >= 15 is 0 Å². The van der Waals surface area contributed by atoms with Gasteiger partial charge in [-0.05, 0) is 31.5 Å². The number of sulfonamides is 1. The average Bonchev–Trinajstić information content (AvgIpc) is 3.27. The molecule has 1 aromatic carbocycles. The van der Waals surface area contributed by atoms with Crippen LogP contribution >= 0.6 is 11.6 Å². The molecule has 0 saturated heterocycles. The van der Waals surface area contributed by atoms with Crippen molar-refractivity contribution in [3.05, 3.63) is 69.7 Å². The Morgan fingerprint density at radius 3 is 2.47 bits per heavy atom. The average molecular weight is 452 g/mol. The number of esters is 1. The topological polar surface area (TPSA) is 94.6 Å². The highest BCUT2D eigenvalue weighted by atomic mass is 35.5. The number of aryl methyl sites for hydroxylation is 2. The molecule has 160 valence electrons. The van der Waals surface area contributed by atoms with Gasteiger partial charge in [-0.15, -0.1) is 0 Å². The summed E-state index contributed by atoms with van der Waals surface area (Å²) in [5, 5.41) is 4.29. The number of hydrogen-bond acceptors (Lipinski definition) is 6. The molecule has 0 bridgehead atoms. The number of ether oxygens (including phenoxy) is 1. The molecule has 8 nitrogen and oxygen atoms in total. The summed E-state index contributed by atoms with van der Waals surface area (Å²) in [7, 11) is -0.899. The maximum Gasteiger partial charge on any atom is 0.343 e. The third-order valence-electron chi connectivity index (χ3n) is 4.44.